The highest BCUT2D eigenvalue weighted by atomic mass is 16.4. The van der Waals surface area contributed by atoms with Crippen molar-refractivity contribution in [2.24, 2.45) is 46.3 Å². The van der Waals surface area contributed by atoms with Crippen LogP contribution in [0.1, 0.15) is 78.6 Å². The second kappa shape index (κ2) is 7.33. The zero-order valence-electron chi connectivity index (χ0n) is 18.1. The minimum Gasteiger partial charge on any atom is -0.481 e. The molecule has 0 aromatic carbocycles. The third kappa shape index (κ3) is 3.18. The van der Waals surface area contributed by atoms with Gasteiger partial charge < -0.3 is 15.3 Å². The van der Waals surface area contributed by atoms with Crippen LogP contribution in [0.5, 0.6) is 0 Å². The van der Waals surface area contributed by atoms with E-state index in [4.69, 9.17) is 5.11 Å². The number of carbonyl (C=O) groups is 2. The van der Waals surface area contributed by atoms with Gasteiger partial charge in [0.2, 0.25) is 0 Å². The molecule has 4 aliphatic carbocycles. The number of carbonyl (C=O) groups excluding carboxylic acids is 1. The minimum atomic E-state index is -0.762. The van der Waals surface area contributed by atoms with Crippen LogP contribution >= 0.6 is 0 Å². The Bertz CT molecular complexity index is 676. The molecule has 0 bridgehead atoms. The Hall–Kier alpha value is -0.940. The van der Waals surface area contributed by atoms with E-state index in [2.05, 4.69) is 20.8 Å². The van der Waals surface area contributed by atoms with Gasteiger partial charge in [0.15, 0.2) is 0 Å². The van der Waals surface area contributed by atoms with Crippen LogP contribution in [0.4, 0.5) is 0 Å². The van der Waals surface area contributed by atoms with Gasteiger partial charge in [-0.15, -0.1) is 0 Å². The van der Waals surface area contributed by atoms with Gasteiger partial charge in [-0.25, -0.2) is 0 Å². The first kappa shape index (κ1) is 21.3. The SMILES string of the molecule is C[C@@H](CCC(=O)O)[C@H]1CC[C@H]2[C@@H]3C(=O)C[C@@H]4C[C@H](O)CC[C@]4(C)[C@H]3C[C@H](O)[C@]12C. The summed E-state index contributed by atoms with van der Waals surface area (Å²) >= 11 is 0. The predicted molar refractivity (Wildman–Crippen MR) is 109 cm³/mol. The van der Waals surface area contributed by atoms with Gasteiger partial charge in [0.25, 0.3) is 0 Å². The Morgan fingerprint density at radius 1 is 1.14 bits per heavy atom. The first-order valence-electron chi connectivity index (χ1n) is 11.7. The quantitative estimate of drug-likeness (QED) is 0.662. The Labute approximate surface area is 174 Å². The number of carboxylic acid groups (broad SMARTS) is 1. The number of aliphatic carboxylic acids is 1. The first-order chi connectivity index (χ1) is 13.6. The molecule has 0 unspecified atom stereocenters. The fraction of sp³-hybridized carbons (Fsp3) is 0.917. The van der Waals surface area contributed by atoms with Crippen molar-refractivity contribution in [2.75, 3.05) is 0 Å². The molecule has 5 heteroatoms. The number of ketones is 1. The molecule has 4 fully saturated rings. The van der Waals surface area contributed by atoms with E-state index in [0.29, 0.717) is 25.0 Å². The molecule has 4 saturated carbocycles. The van der Waals surface area contributed by atoms with Gasteiger partial charge in [0.05, 0.1) is 12.2 Å². The molecule has 0 amide bonds. The molecule has 4 aliphatic rings. The lowest BCUT2D eigenvalue weighted by Crippen LogP contribution is -2.61. The summed E-state index contributed by atoms with van der Waals surface area (Å²) in [5, 5.41) is 30.7. The second-order valence-electron chi connectivity index (χ2n) is 11.3. The molecule has 5 nitrogen and oxygen atoms in total. The van der Waals surface area contributed by atoms with Crippen LogP contribution in [0.2, 0.25) is 0 Å². The molecule has 164 valence electrons. The van der Waals surface area contributed by atoms with Crippen LogP contribution < -0.4 is 0 Å². The first-order valence-corrected chi connectivity index (χ1v) is 11.7. The van der Waals surface area contributed by atoms with Gasteiger partial charge in [-0.1, -0.05) is 20.8 Å². The average molecular weight is 407 g/mol. The summed E-state index contributed by atoms with van der Waals surface area (Å²) in [5.74, 6) is 0.775. The third-order valence-electron chi connectivity index (χ3n) is 10.1. The predicted octanol–water partition coefficient (Wildman–Crippen LogP) is 3.66. The van der Waals surface area contributed by atoms with E-state index < -0.39 is 12.1 Å². The van der Waals surface area contributed by atoms with Crippen molar-refractivity contribution in [3.05, 3.63) is 0 Å². The molecule has 0 heterocycles. The number of carboxylic acids is 1. The van der Waals surface area contributed by atoms with E-state index in [1.807, 2.05) is 0 Å². The third-order valence-corrected chi connectivity index (χ3v) is 10.1. The summed E-state index contributed by atoms with van der Waals surface area (Å²) in [6.45, 7) is 6.62. The average Bonchev–Trinajstić information content (AvgIpc) is 3.01. The van der Waals surface area contributed by atoms with Gasteiger partial charge in [-0.3, -0.25) is 9.59 Å². The zero-order chi connectivity index (χ0) is 21.1. The number of aliphatic hydroxyl groups excluding tert-OH is 2. The Morgan fingerprint density at radius 2 is 1.86 bits per heavy atom. The molecule has 0 saturated heterocycles. The summed E-state index contributed by atoms with van der Waals surface area (Å²) in [6, 6.07) is 0. The summed E-state index contributed by atoms with van der Waals surface area (Å²) in [6.07, 6.45) is 5.74. The van der Waals surface area contributed by atoms with E-state index in [0.717, 1.165) is 32.1 Å². The van der Waals surface area contributed by atoms with Crippen molar-refractivity contribution in [3.63, 3.8) is 0 Å². The van der Waals surface area contributed by atoms with Crippen molar-refractivity contribution in [2.45, 2.75) is 90.8 Å². The molecular weight excluding hydrogens is 368 g/mol. The summed E-state index contributed by atoms with van der Waals surface area (Å²) in [7, 11) is 0. The van der Waals surface area contributed by atoms with E-state index >= 15 is 0 Å². The topological polar surface area (TPSA) is 94.8 Å². The summed E-state index contributed by atoms with van der Waals surface area (Å²) in [5.41, 5.74) is -0.265. The van der Waals surface area contributed by atoms with Crippen molar-refractivity contribution >= 4 is 11.8 Å². The highest BCUT2D eigenvalue weighted by molar-refractivity contribution is 5.83. The number of hydrogen-bond acceptors (Lipinski definition) is 4. The van der Waals surface area contributed by atoms with E-state index in [-0.39, 0.29) is 58.9 Å². The number of hydrogen-bond donors (Lipinski definition) is 3. The zero-order valence-corrected chi connectivity index (χ0v) is 18.1. The molecule has 0 aromatic heterocycles. The Morgan fingerprint density at radius 3 is 2.55 bits per heavy atom. The normalized spacial score (nSPS) is 50.4. The largest absolute Gasteiger partial charge is 0.481 e. The lowest BCUT2D eigenvalue weighted by Gasteiger charge is -2.61. The Balaban J connectivity index is 1.62. The van der Waals surface area contributed by atoms with Crippen LogP contribution in [0.15, 0.2) is 0 Å². The monoisotopic (exact) mass is 406 g/mol. The number of fused-ring (bicyclic) bond motifs is 5. The summed E-state index contributed by atoms with van der Waals surface area (Å²) in [4.78, 5) is 24.4. The van der Waals surface area contributed by atoms with E-state index in [1.165, 1.54) is 0 Å². The van der Waals surface area contributed by atoms with E-state index in [1.54, 1.807) is 0 Å². The maximum Gasteiger partial charge on any atom is 0.303 e. The van der Waals surface area contributed by atoms with E-state index in [9.17, 15) is 19.8 Å². The van der Waals surface area contributed by atoms with Gasteiger partial charge in [0, 0.05) is 24.2 Å². The molecule has 3 N–H and O–H groups in total. The van der Waals surface area contributed by atoms with Crippen molar-refractivity contribution in [3.8, 4) is 0 Å². The lowest BCUT2D eigenvalue weighted by molar-refractivity contribution is -0.182. The number of rotatable bonds is 4. The standard InChI is InChI=1S/C24H38O5/c1-13(4-7-21(28)29)16-5-6-17-22-18(12-20(27)24(16,17)3)23(2)9-8-15(25)10-14(23)11-19(22)26/h13-18,20,22,25,27H,4-12H2,1-3H3,(H,28,29)/t13-,14-,15+,16+,17-,18-,20-,22-,23-,24+/m0/s1. The fourth-order valence-corrected chi connectivity index (χ4v) is 8.40. The number of Topliss-reactive ketones (excluding diaryl/α,β-unsaturated/α-hetero) is 1. The molecule has 0 aliphatic heterocycles. The fourth-order valence-electron chi connectivity index (χ4n) is 8.40. The maximum absolute atomic E-state index is 13.4. The lowest BCUT2D eigenvalue weighted by atomic mass is 9.43. The molecule has 10 atom stereocenters. The molecule has 0 aromatic rings. The molecule has 0 spiro atoms. The second-order valence-corrected chi connectivity index (χ2v) is 11.3. The highest BCUT2D eigenvalue weighted by Gasteiger charge is 2.65. The minimum absolute atomic E-state index is 0.0246. The van der Waals surface area contributed by atoms with Crippen molar-refractivity contribution < 1.29 is 24.9 Å². The van der Waals surface area contributed by atoms with Crippen LogP contribution in [-0.2, 0) is 9.59 Å². The van der Waals surface area contributed by atoms with Crippen LogP contribution in [0.3, 0.4) is 0 Å². The smallest absolute Gasteiger partial charge is 0.303 e. The van der Waals surface area contributed by atoms with Crippen molar-refractivity contribution in [1.82, 2.24) is 0 Å². The highest BCUT2D eigenvalue weighted by Crippen LogP contribution is 2.67. The van der Waals surface area contributed by atoms with Gasteiger partial charge in [0.1, 0.15) is 5.78 Å². The van der Waals surface area contributed by atoms with Crippen molar-refractivity contribution in [1.29, 1.82) is 0 Å². The molecule has 0 radical (unpaired) electrons. The maximum atomic E-state index is 13.4. The Kier molecular flexibility index (Phi) is 5.39. The van der Waals surface area contributed by atoms with Crippen LogP contribution in [0.25, 0.3) is 0 Å². The van der Waals surface area contributed by atoms with Gasteiger partial charge in [-0.2, -0.15) is 0 Å². The van der Waals surface area contributed by atoms with Gasteiger partial charge >= 0.3 is 5.97 Å². The molecular formula is C24H38O5. The molecule has 29 heavy (non-hydrogen) atoms. The van der Waals surface area contributed by atoms with Crippen LogP contribution in [0, 0.1) is 46.3 Å². The number of aliphatic hydroxyl groups is 2. The van der Waals surface area contributed by atoms with Gasteiger partial charge in [-0.05, 0) is 80.0 Å². The molecule has 4 rings (SSSR count). The summed E-state index contributed by atoms with van der Waals surface area (Å²) < 4.78 is 0. The van der Waals surface area contributed by atoms with Crippen LogP contribution in [-0.4, -0.2) is 39.3 Å².